The smallest absolute Gasteiger partial charge is 0.336 e. The van der Waals surface area contributed by atoms with Crippen LogP contribution in [0.4, 0.5) is 0 Å². The monoisotopic (exact) mass is 331 g/mol. The summed E-state index contributed by atoms with van der Waals surface area (Å²) in [6.45, 7) is 2.62. The van der Waals surface area contributed by atoms with Crippen LogP contribution >= 0.6 is 27.7 Å². The number of aromatic carboxylic acids is 1. The van der Waals surface area contributed by atoms with Crippen LogP contribution in [0.1, 0.15) is 23.7 Å². The largest absolute Gasteiger partial charge is 0.478 e. The van der Waals surface area contributed by atoms with E-state index in [1.165, 1.54) is 17.8 Å². The van der Waals surface area contributed by atoms with Crippen molar-refractivity contribution in [3.8, 4) is 0 Å². The molecule has 0 fully saturated rings. The molecular formula is C12H14BrNO3S. The predicted octanol–water partition coefficient (Wildman–Crippen LogP) is 2.77. The lowest BCUT2D eigenvalue weighted by atomic mass is 10.2. The van der Waals surface area contributed by atoms with Crippen molar-refractivity contribution in [2.45, 2.75) is 18.2 Å². The highest BCUT2D eigenvalue weighted by molar-refractivity contribution is 9.10. The zero-order valence-corrected chi connectivity index (χ0v) is 12.3. The van der Waals surface area contributed by atoms with Gasteiger partial charge in [-0.05, 0) is 24.6 Å². The molecule has 0 aliphatic carbocycles. The number of amides is 1. The second-order valence-electron chi connectivity index (χ2n) is 3.58. The van der Waals surface area contributed by atoms with Crippen LogP contribution in [-0.4, -0.2) is 29.3 Å². The second kappa shape index (κ2) is 7.43. The number of carboxylic acids is 1. The molecule has 0 aromatic heterocycles. The summed E-state index contributed by atoms with van der Waals surface area (Å²) in [5.41, 5.74) is 0.214. The molecule has 98 valence electrons. The summed E-state index contributed by atoms with van der Waals surface area (Å²) in [4.78, 5) is 23.1. The van der Waals surface area contributed by atoms with Crippen molar-refractivity contribution >= 4 is 39.6 Å². The molecule has 1 aromatic rings. The molecule has 0 aliphatic rings. The maximum Gasteiger partial charge on any atom is 0.336 e. The van der Waals surface area contributed by atoms with Gasteiger partial charge in [-0.2, -0.15) is 0 Å². The molecule has 1 amide bonds. The Balaban J connectivity index is 2.68. The second-order valence-corrected chi connectivity index (χ2v) is 5.52. The highest BCUT2D eigenvalue weighted by atomic mass is 79.9. The zero-order chi connectivity index (χ0) is 13.5. The Kier molecular flexibility index (Phi) is 6.21. The van der Waals surface area contributed by atoms with Crippen molar-refractivity contribution in [1.29, 1.82) is 0 Å². The van der Waals surface area contributed by atoms with Crippen LogP contribution in [0.15, 0.2) is 27.6 Å². The highest BCUT2D eigenvalue weighted by Gasteiger charge is 2.12. The van der Waals surface area contributed by atoms with Gasteiger partial charge in [0.2, 0.25) is 5.91 Å². The lowest BCUT2D eigenvalue weighted by Gasteiger charge is -2.07. The number of hydrogen-bond donors (Lipinski definition) is 2. The third-order valence-corrected chi connectivity index (χ3v) is 3.65. The van der Waals surface area contributed by atoms with Gasteiger partial charge in [0.05, 0.1) is 11.3 Å². The third kappa shape index (κ3) is 4.70. The molecule has 0 atom stereocenters. The first kappa shape index (κ1) is 15.0. The Morgan fingerprint density at radius 1 is 1.44 bits per heavy atom. The molecule has 4 nitrogen and oxygen atoms in total. The van der Waals surface area contributed by atoms with Gasteiger partial charge in [0, 0.05) is 15.9 Å². The standard InChI is InChI=1S/C12H14BrNO3S/c1-2-5-14-11(15)7-18-10-6-8(13)3-4-9(10)12(16)17/h3-4,6H,2,5,7H2,1H3,(H,14,15)(H,16,17). The summed E-state index contributed by atoms with van der Waals surface area (Å²) in [5.74, 6) is -0.853. The number of rotatable bonds is 6. The summed E-state index contributed by atoms with van der Waals surface area (Å²) in [6.07, 6.45) is 0.883. The Morgan fingerprint density at radius 3 is 2.78 bits per heavy atom. The van der Waals surface area contributed by atoms with Gasteiger partial charge in [-0.15, -0.1) is 11.8 Å². The highest BCUT2D eigenvalue weighted by Crippen LogP contribution is 2.26. The van der Waals surface area contributed by atoms with Gasteiger partial charge in [-0.1, -0.05) is 22.9 Å². The minimum Gasteiger partial charge on any atom is -0.478 e. The molecule has 0 spiro atoms. The zero-order valence-electron chi connectivity index (χ0n) is 9.90. The van der Waals surface area contributed by atoms with E-state index >= 15 is 0 Å². The number of halogens is 1. The van der Waals surface area contributed by atoms with Crippen molar-refractivity contribution in [2.75, 3.05) is 12.3 Å². The molecule has 0 saturated carbocycles. The van der Waals surface area contributed by atoms with Crippen LogP contribution in [0.3, 0.4) is 0 Å². The van der Waals surface area contributed by atoms with Crippen LogP contribution in [0.5, 0.6) is 0 Å². The predicted molar refractivity (Wildman–Crippen MR) is 75.1 cm³/mol. The van der Waals surface area contributed by atoms with Gasteiger partial charge in [-0.25, -0.2) is 4.79 Å². The lowest BCUT2D eigenvalue weighted by molar-refractivity contribution is -0.118. The molecule has 0 bridgehead atoms. The summed E-state index contributed by atoms with van der Waals surface area (Å²) in [6, 6.07) is 4.91. The maximum atomic E-state index is 11.5. The van der Waals surface area contributed by atoms with E-state index in [1.807, 2.05) is 6.92 Å². The summed E-state index contributed by atoms with van der Waals surface area (Å²) >= 11 is 4.51. The van der Waals surface area contributed by atoms with Gasteiger partial charge >= 0.3 is 5.97 Å². The first-order valence-corrected chi connectivity index (χ1v) is 7.24. The Hall–Kier alpha value is -1.01. The molecule has 18 heavy (non-hydrogen) atoms. The van der Waals surface area contributed by atoms with Crippen LogP contribution in [0.2, 0.25) is 0 Å². The van der Waals surface area contributed by atoms with Gasteiger partial charge in [0.25, 0.3) is 0 Å². The van der Waals surface area contributed by atoms with Gasteiger partial charge < -0.3 is 10.4 Å². The van der Waals surface area contributed by atoms with Gasteiger partial charge in [0.1, 0.15) is 0 Å². The van der Waals surface area contributed by atoms with Crippen LogP contribution in [-0.2, 0) is 4.79 Å². The fourth-order valence-electron chi connectivity index (χ4n) is 1.25. The average Bonchev–Trinajstić information content (AvgIpc) is 2.33. The van der Waals surface area contributed by atoms with Crippen molar-refractivity contribution in [3.63, 3.8) is 0 Å². The minimum absolute atomic E-state index is 0.0850. The quantitative estimate of drug-likeness (QED) is 0.786. The first-order chi connectivity index (χ1) is 8.54. The summed E-state index contributed by atoms with van der Waals surface area (Å²) in [5, 5.41) is 11.8. The molecular weight excluding hydrogens is 318 g/mol. The molecule has 0 aliphatic heterocycles. The number of nitrogens with one attached hydrogen (secondary N) is 1. The van der Waals surface area contributed by atoms with E-state index in [9.17, 15) is 9.59 Å². The van der Waals surface area contributed by atoms with E-state index in [4.69, 9.17) is 5.11 Å². The van der Waals surface area contributed by atoms with Gasteiger partial charge in [0.15, 0.2) is 0 Å². The molecule has 6 heteroatoms. The van der Waals surface area contributed by atoms with Crippen LogP contribution in [0, 0.1) is 0 Å². The molecule has 1 rings (SSSR count). The molecule has 0 unspecified atom stereocenters. The number of benzene rings is 1. The third-order valence-electron chi connectivity index (χ3n) is 2.11. The molecule has 0 radical (unpaired) electrons. The molecule has 1 aromatic carbocycles. The van der Waals surface area contributed by atoms with E-state index in [-0.39, 0.29) is 17.2 Å². The van der Waals surface area contributed by atoms with Crippen molar-refractivity contribution in [1.82, 2.24) is 5.32 Å². The fraction of sp³-hybridized carbons (Fsp3) is 0.333. The van der Waals surface area contributed by atoms with Crippen LogP contribution < -0.4 is 5.32 Å². The number of carbonyl (C=O) groups is 2. The minimum atomic E-state index is -0.987. The Bertz CT molecular complexity index is 451. The number of hydrogen-bond acceptors (Lipinski definition) is 3. The van der Waals surface area contributed by atoms with E-state index in [0.29, 0.717) is 11.4 Å². The summed E-state index contributed by atoms with van der Waals surface area (Å²) in [7, 11) is 0. The number of carbonyl (C=O) groups excluding carboxylic acids is 1. The maximum absolute atomic E-state index is 11.5. The number of thioether (sulfide) groups is 1. The SMILES string of the molecule is CCCNC(=O)CSc1cc(Br)ccc1C(=O)O. The Labute approximate surface area is 118 Å². The fourth-order valence-corrected chi connectivity index (χ4v) is 2.67. The molecule has 0 heterocycles. The normalized spacial score (nSPS) is 10.1. The van der Waals surface area contributed by atoms with Crippen molar-refractivity contribution < 1.29 is 14.7 Å². The van der Waals surface area contributed by atoms with Crippen molar-refractivity contribution in [2.24, 2.45) is 0 Å². The van der Waals surface area contributed by atoms with E-state index in [0.717, 1.165) is 10.9 Å². The summed E-state index contributed by atoms with van der Waals surface area (Å²) < 4.78 is 0.795. The van der Waals surface area contributed by atoms with Gasteiger partial charge in [-0.3, -0.25) is 4.79 Å². The van der Waals surface area contributed by atoms with Crippen LogP contribution in [0.25, 0.3) is 0 Å². The molecule has 2 N–H and O–H groups in total. The van der Waals surface area contributed by atoms with E-state index in [1.54, 1.807) is 12.1 Å². The Morgan fingerprint density at radius 2 is 2.17 bits per heavy atom. The number of carboxylic acid groups (broad SMARTS) is 1. The van der Waals surface area contributed by atoms with E-state index in [2.05, 4.69) is 21.2 Å². The molecule has 0 saturated heterocycles. The van der Waals surface area contributed by atoms with E-state index < -0.39 is 5.97 Å². The average molecular weight is 332 g/mol. The first-order valence-electron chi connectivity index (χ1n) is 5.47. The lowest BCUT2D eigenvalue weighted by Crippen LogP contribution is -2.25. The topological polar surface area (TPSA) is 66.4 Å². The van der Waals surface area contributed by atoms with Crippen molar-refractivity contribution in [3.05, 3.63) is 28.2 Å².